The molecule has 1 aromatic carbocycles. The Morgan fingerprint density at radius 1 is 1.33 bits per heavy atom. The predicted molar refractivity (Wildman–Crippen MR) is 74.1 cm³/mol. The number of hydrogen-bond donors (Lipinski definition) is 1. The van der Waals surface area contributed by atoms with E-state index in [0.29, 0.717) is 16.3 Å². The number of nitrogens with zero attached hydrogens (tertiary/aromatic N) is 1. The molecule has 0 bridgehead atoms. The molecule has 0 aliphatic carbocycles. The molecule has 120 valence electrons. The molecule has 0 saturated carbocycles. The smallest absolute Gasteiger partial charge is 0.324 e. The molecule has 8 heteroatoms. The first-order valence-corrected chi connectivity index (χ1v) is 7.90. The Balaban J connectivity index is 2.97. The molecule has 1 atom stereocenters. The van der Waals surface area contributed by atoms with Gasteiger partial charge in [0, 0.05) is 19.6 Å². The van der Waals surface area contributed by atoms with Crippen LogP contribution < -0.4 is 5.73 Å². The standard InChI is InChI=1S/C13H19F3N2O2S/c1-3-12(17)10-5-4-6-11(9-10)21(19,20)18(2)8-7-13(14,15)16/h4-6,9,12H,3,7-8,17H2,1-2H3. The maximum absolute atomic E-state index is 12.2. The van der Waals surface area contributed by atoms with Crippen molar-refractivity contribution in [2.24, 2.45) is 5.73 Å². The lowest BCUT2D eigenvalue weighted by Gasteiger charge is -2.19. The number of sulfonamides is 1. The van der Waals surface area contributed by atoms with E-state index in [2.05, 4.69) is 0 Å². The molecule has 0 radical (unpaired) electrons. The van der Waals surface area contributed by atoms with E-state index >= 15 is 0 Å². The third kappa shape index (κ3) is 4.98. The summed E-state index contributed by atoms with van der Waals surface area (Å²) in [5.41, 5.74) is 6.48. The van der Waals surface area contributed by atoms with Crippen LogP contribution in [0.2, 0.25) is 0 Å². The van der Waals surface area contributed by atoms with E-state index < -0.39 is 29.2 Å². The van der Waals surface area contributed by atoms with Gasteiger partial charge in [-0.3, -0.25) is 0 Å². The Morgan fingerprint density at radius 2 is 1.95 bits per heavy atom. The van der Waals surface area contributed by atoms with Gasteiger partial charge in [-0.05, 0) is 24.1 Å². The highest BCUT2D eigenvalue weighted by molar-refractivity contribution is 7.89. The minimum atomic E-state index is -4.39. The molecule has 1 unspecified atom stereocenters. The topological polar surface area (TPSA) is 63.4 Å². The Hall–Kier alpha value is -1.12. The second kappa shape index (κ2) is 6.76. The average Bonchev–Trinajstić information content (AvgIpc) is 2.43. The highest BCUT2D eigenvalue weighted by Gasteiger charge is 2.30. The molecule has 2 N–H and O–H groups in total. The maximum atomic E-state index is 12.2. The molecular weight excluding hydrogens is 305 g/mol. The van der Waals surface area contributed by atoms with Gasteiger partial charge < -0.3 is 5.73 Å². The fraction of sp³-hybridized carbons (Fsp3) is 0.538. The Morgan fingerprint density at radius 3 is 2.48 bits per heavy atom. The van der Waals surface area contributed by atoms with Gasteiger partial charge in [-0.15, -0.1) is 0 Å². The first kappa shape index (κ1) is 17.9. The van der Waals surface area contributed by atoms with Crippen LogP contribution in [0.1, 0.15) is 31.4 Å². The third-order valence-corrected chi connectivity index (χ3v) is 5.00. The van der Waals surface area contributed by atoms with Gasteiger partial charge in [-0.1, -0.05) is 19.1 Å². The minimum absolute atomic E-state index is 0.0476. The zero-order chi connectivity index (χ0) is 16.3. The van der Waals surface area contributed by atoms with E-state index in [9.17, 15) is 21.6 Å². The van der Waals surface area contributed by atoms with Crippen molar-refractivity contribution in [3.63, 3.8) is 0 Å². The highest BCUT2D eigenvalue weighted by atomic mass is 32.2. The van der Waals surface area contributed by atoms with Crippen LogP contribution in [0.5, 0.6) is 0 Å². The van der Waals surface area contributed by atoms with Crippen LogP contribution in [0.4, 0.5) is 13.2 Å². The zero-order valence-electron chi connectivity index (χ0n) is 11.9. The van der Waals surface area contributed by atoms with Gasteiger partial charge in [0.2, 0.25) is 10.0 Å². The van der Waals surface area contributed by atoms with Gasteiger partial charge in [0.1, 0.15) is 0 Å². The van der Waals surface area contributed by atoms with Gasteiger partial charge in [0.25, 0.3) is 0 Å². The summed E-state index contributed by atoms with van der Waals surface area (Å²) >= 11 is 0. The summed E-state index contributed by atoms with van der Waals surface area (Å²) in [4.78, 5) is -0.0476. The summed E-state index contributed by atoms with van der Waals surface area (Å²) in [7, 11) is -2.82. The number of benzene rings is 1. The molecule has 21 heavy (non-hydrogen) atoms. The Bertz CT molecular complexity index is 573. The third-order valence-electron chi connectivity index (χ3n) is 3.14. The molecule has 0 aromatic heterocycles. The van der Waals surface area contributed by atoms with Crippen molar-refractivity contribution in [2.45, 2.75) is 36.9 Å². The Kier molecular flexibility index (Phi) is 5.77. The van der Waals surface area contributed by atoms with Crippen LogP contribution in [0.3, 0.4) is 0 Å². The fourth-order valence-corrected chi connectivity index (χ4v) is 2.95. The molecule has 0 saturated heterocycles. The maximum Gasteiger partial charge on any atom is 0.390 e. The van der Waals surface area contributed by atoms with Gasteiger partial charge >= 0.3 is 6.18 Å². The lowest BCUT2D eigenvalue weighted by atomic mass is 10.1. The van der Waals surface area contributed by atoms with Crippen molar-refractivity contribution in [1.29, 1.82) is 0 Å². The lowest BCUT2D eigenvalue weighted by molar-refractivity contribution is -0.135. The van der Waals surface area contributed by atoms with Crippen LogP contribution in [0.25, 0.3) is 0 Å². The van der Waals surface area contributed by atoms with Crippen molar-refractivity contribution in [3.8, 4) is 0 Å². The molecule has 0 aliphatic rings. The number of hydrogen-bond acceptors (Lipinski definition) is 3. The van der Waals surface area contributed by atoms with E-state index in [1.807, 2.05) is 6.92 Å². The first-order valence-electron chi connectivity index (χ1n) is 6.46. The normalized spacial score (nSPS) is 14.4. The van der Waals surface area contributed by atoms with E-state index in [1.54, 1.807) is 6.07 Å². The molecule has 0 amide bonds. The van der Waals surface area contributed by atoms with Gasteiger partial charge in [-0.2, -0.15) is 13.2 Å². The van der Waals surface area contributed by atoms with Crippen molar-refractivity contribution < 1.29 is 21.6 Å². The highest BCUT2D eigenvalue weighted by Crippen LogP contribution is 2.23. The van der Waals surface area contributed by atoms with Crippen LogP contribution in [-0.2, 0) is 10.0 Å². The van der Waals surface area contributed by atoms with Crippen LogP contribution >= 0.6 is 0 Å². The summed E-state index contributed by atoms with van der Waals surface area (Å²) in [5, 5.41) is 0. The monoisotopic (exact) mass is 324 g/mol. The lowest BCUT2D eigenvalue weighted by Crippen LogP contribution is -2.30. The van der Waals surface area contributed by atoms with Crippen LogP contribution in [0, 0.1) is 0 Å². The summed E-state index contributed by atoms with van der Waals surface area (Å²) in [6, 6.07) is 5.69. The first-order chi connectivity index (χ1) is 9.58. The van der Waals surface area contributed by atoms with Gasteiger partial charge in [-0.25, -0.2) is 12.7 Å². The molecule has 0 fully saturated rings. The molecule has 0 heterocycles. The van der Waals surface area contributed by atoms with Crippen LogP contribution in [0.15, 0.2) is 29.2 Å². The molecule has 0 aliphatic heterocycles. The fourth-order valence-electron chi connectivity index (χ4n) is 1.73. The summed E-state index contributed by atoms with van der Waals surface area (Å²) in [6.07, 6.45) is -4.94. The van der Waals surface area contributed by atoms with E-state index in [1.165, 1.54) is 18.2 Å². The summed E-state index contributed by atoms with van der Waals surface area (Å²) in [6.45, 7) is 1.25. The second-order valence-electron chi connectivity index (χ2n) is 4.78. The molecule has 1 aromatic rings. The molecule has 4 nitrogen and oxygen atoms in total. The van der Waals surface area contributed by atoms with Crippen LogP contribution in [-0.4, -0.2) is 32.5 Å². The molecule has 1 rings (SSSR count). The summed E-state index contributed by atoms with van der Waals surface area (Å²) < 4.78 is 61.7. The van der Waals surface area contributed by atoms with Gasteiger partial charge in [0.05, 0.1) is 11.3 Å². The number of rotatable bonds is 6. The van der Waals surface area contributed by atoms with E-state index in [-0.39, 0.29) is 10.9 Å². The quantitative estimate of drug-likeness (QED) is 0.875. The SMILES string of the molecule is CCC(N)c1cccc(S(=O)(=O)N(C)CCC(F)(F)F)c1. The zero-order valence-corrected chi connectivity index (χ0v) is 12.7. The van der Waals surface area contributed by atoms with Crippen molar-refractivity contribution in [3.05, 3.63) is 29.8 Å². The number of alkyl halides is 3. The Labute approximate surface area is 122 Å². The average molecular weight is 324 g/mol. The second-order valence-corrected chi connectivity index (χ2v) is 6.82. The van der Waals surface area contributed by atoms with Crippen molar-refractivity contribution >= 4 is 10.0 Å². The number of nitrogens with two attached hydrogens (primary N) is 1. The van der Waals surface area contributed by atoms with Crippen molar-refractivity contribution in [1.82, 2.24) is 4.31 Å². The largest absolute Gasteiger partial charge is 0.390 e. The minimum Gasteiger partial charge on any atom is -0.324 e. The van der Waals surface area contributed by atoms with E-state index in [4.69, 9.17) is 5.73 Å². The van der Waals surface area contributed by atoms with Gasteiger partial charge in [0.15, 0.2) is 0 Å². The van der Waals surface area contributed by atoms with E-state index in [0.717, 1.165) is 7.05 Å². The number of halogens is 3. The molecule has 0 spiro atoms. The predicted octanol–water partition coefficient (Wildman–Crippen LogP) is 2.67. The summed E-state index contributed by atoms with van der Waals surface area (Å²) in [5.74, 6) is 0. The van der Waals surface area contributed by atoms with Crippen molar-refractivity contribution in [2.75, 3.05) is 13.6 Å². The molecular formula is C13H19F3N2O2S.